The van der Waals surface area contributed by atoms with Gasteiger partial charge in [0.25, 0.3) is 0 Å². The minimum atomic E-state index is -0.389. The molecule has 0 aliphatic carbocycles. The standard InChI is InChI=1S/C20H30N4O3.2ClH/c21-15-17-8-9-18(27-17)20(26)22-10-4-7-19(25)24-13-11-23(12-14-24)16-5-2-1-3-6-16;;/h1-3,5-6,17-18H,4,7-15,21H2,(H,22,26);2*1H/t17-,18+;;/m1../s1. The molecule has 3 rings (SSSR count). The number of benzene rings is 1. The normalized spacial score (nSPS) is 21.1. The van der Waals surface area contributed by atoms with Crippen LogP contribution in [0.5, 0.6) is 0 Å². The number of para-hydroxylation sites is 1. The van der Waals surface area contributed by atoms with Gasteiger partial charge in [-0.3, -0.25) is 9.59 Å². The average Bonchev–Trinajstić information content (AvgIpc) is 3.21. The van der Waals surface area contributed by atoms with Crippen LogP contribution in [0, 0.1) is 0 Å². The molecule has 2 aliphatic heterocycles. The third-order valence-electron chi connectivity index (χ3n) is 5.28. The Bertz CT molecular complexity index is 627. The van der Waals surface area contributed by atoms with Gasteiger partial charge < -0.3 is 25.6 Å². The van der Waals surface area contributed by atoms with E-state index in [1.807, 2.05) is 23.1 Å². The summed E-state index contributed by atoms with van der Waals surface area (Å²) in [5, 5.41) is 2.87. The summed E-state index contributed by atoms with van der Waals surface area (Å²) in [6, 6.07) is 10.3. The van der Waals surface area contributed by atoms with Crippen molar-refractivity contribution >= 4 is 42.3 Å². The smallest absolute Gasteiger partial charge is 0.249 e. The van der Waals surface area contributed by atoms with Crippen LogP contribution in [-0.2, 0) is 14.3 Å². The van der Waals surface area contributed by atoms with E-state index in [1.54, 1.807) is 0 Å². The fourth-order valence-electron chi connectivity index (χ4n) is 3.65. The number of carbonyl (C=O) groups is 2. The van der Waals surface area contributed by atoms with Crippen LogP contribution in [0.1, 0.15) is 25.7 Å². The van der Waals surface area contributed by atoms with Crippen LogP contribution in [0.3, 0.4) is 0 Å². The first-order valence-electron chi connectivity index (χ1n) is 9.88. The number of ether oxygens (including phenoxy) is 1. The van der Waals surface area contributed by atoms with Crippen molar-refractivity contribution in [2.75, 3.05) is 44.2 Å². The molecule has 7 nitrogen and oxygen atoms in total. The van der Waals surface area contributed by atoms with Crippen molar-refractivity contribution in [1.29, 1.82) is 0 Å². The lowest BCUT2D eigenvalue weighted by Crippen LogP contribution is -2.48. The number of nitrogens with zero attached hydrogens (tertiary/aromatic N) is 2. The van der Waals surface area contributed by atoms with Gasteiger partial charge in [0.05, 0.1) is 6.10 Å². The van der Waals surface area contributed by atoms with Crippen molar-refractivity contribution in [2.24, 2.45) is 5.73 Å². The highest BCUT2D eigenvalue weighted by Gasteiger charge is 2.29. The molecule has 0 radical (unpaired) electrons. The summed E-state index contributed by atoms with van der Waals surface area (Å²) < 4.78 is 5.58. The molecule has 2 heterocycles. The Morgan fingerprint density at radius 1 is 1.07 bits per heavy atom. The molecule has 2 saturated heterocycles. The van der Waals surface area contributed by atoms with Crippen molar-refractivity contribution < 1.29 is 14.3 Å². The number of piperazine rings is 1. The van der Waals surface area contributed by atoms with E-state index >= 15 is 0 Å². The van der Waals surface area contributed by atoms with Crippen molar-refractivity contribution in [2.45, 2.75) is 37.9 Å². The van der Waals surface area contributed by atoms with E-state index in [1.165, 1.54) is 5.69 Å². The van der Waals surface area contributed by atoms with Gasteiger partial charge in [-0.25, -0.2) is 0 Å². The zero-order valence-corrected chi connectivity index (χ0v) is 18.3. The minimum absolute atomic E-state index is 0. The highest BCUT2D eigenvalue weighted by atomic mass is 35.5. The number of anilines is 1. The van der Waals surface area contributed by atoms with Crippen LogP contribution in [0.4, 0.5) is 5.69 Å². The molecule has 0 bridgehead atoms. The fraction of sp³-hybridized carbons (Fsp3) is 0.600. The lowest BCUT2D eigenvalue weighted by atomic mass is 10.2. The van der Waals surface area contributed by atoms with E-state index < -0.39 is 0 Å². The van der Waals surface area contributed by atoms with Crippen LogP contribution in [0.2, 0.25) is 0 Å². The predicted molar refractivity (Wildman–Crippen MR) is 119 cm³/mol. The highest BCUT2D eigenvalue weighted by Crippen LogP contribution is 2.19. The summed E-state index contributed by atoms with van der Waals surface area (Å²) in [5.41, 5.74) is 6.77. The number of nitrogens with one attached hydrogen (secondary N) is 1. The van der Waals surface area contributed by atoms with Crippen molar-refractivity contribution in [3.8, 4) is 0 Å². The van der Waals surface area contributed by atoms with Gasteiger partial charge >= 0.3 is 0 Å². The van der Waals surface area contributed by atoms with Gasteiger partial charge in [0.15, 0.2) is 0 Å². The second kappa shape index (κ2) is 12.9. The summed E-state index contributed by atoms with van der Waals surface area (Å²) in [7, 11) is 0. The number of rotatable bonds is 7. The van der Waals surface area contributed by atoms with Gasteiger partial charge in [-0.05, 0) is 31.4 Å². The first-order valence-corrected chi connectivity index (χ1v) is 9.88. The Morgan fingerprint density at radius 2 is 1.76 bits per heavy atom. The topological polar surface area (TPSA) is 87.9 Å². The highest BCUT2D eigenvalue weighted by molar-refractivity contribution is 5.85. The van der Waals surface area contributed by atoms with Crippen LogP contribution in [0.25, 0.3) is 0 Å². The molecule has 0 aromatic heterocycles. The second-order valence-corrected chi connectivity index (χ2v) is 7.16. The summed E-state index contributed by atoms with van der Waals surface area (Å²) in [4.78, 5) is 28.7. The summed E-state index contributed by atoms with van der Waals surface area (Å²) in [6.07, 6.45) is 2.27. The monoisotopic (exact) mass is 446 g/mol. The number of nitrogens with two attached hydrogens (primary N) is 1. The number of hydrogen-bond donors (Lipinski definition) is 2. The number of hydrogen-bond acceptors (Lipinski definition) is 5. The van der Waals surface area contributed by atoms with Crippen molar-refractivity contribution in [1.82, 2.24) is 10.2 Å². The van der Waals surface area contributed by atoms with E-state index in [0.29, 0.717) is 25.9 Å². The molecule has 2 fully saturated rings. The van der Waals surface area contributed by atoms with Crippen molar-refractivity contribution in [3.05, 3.63) is 30.3 Å². The Kier molecular flexibility index (Phi) is 11.3. The van der Waals surface area contributed by atoms with E-state index in [2.05, 4.69) is 22.3 Å². The maximum atomic E-state index is 12.4. The van der Waals surface area contributed by atoms with Gasteiger partial charge in [0, 0.05) is 51.4 Å². The third kappa shape index (κ3) is 7.33. The molecule has 0 spiro atoms. The molecule has 0 unspecified atom stereocenters. The number of halogens is 2. The molecule has 2 amide bonds. The van der Waals surface area contributed by atoms with Crippen LogP contribution >= 0.6 is 24.8 Å². The lowest BCUT2D eigenvalue weighted by molar-refractivity contribution is -0.133. The first-order chi connectivity index (χ1) is 13.2. The maximum absolute atomic E-state index is 12.4. The molecular formula is C20H32Cl2N4O3. The van der Waals surface area contributed by atoms with E-state index in [-0.39, 0.29) is 48.8 Å². The number of carbonyl (C=O) groups excluding carboxylic acids is 2. The molecule has 9 heteroatoms. The molecule has 2 atom stereocenters. The Labute approximate surface area is 185 Å². The van der Waals surface area contributed by atoms with E-state index in [9.17, 15) is 9.59 Å². The number of amides is 2. The Balaban J connectivity index is 0.00000210. The van der Waals surface area contributed by atoms with Crippen LogP contribution in [0.15, 0.2) is 30.3 Å². The molecule has 29 heavy (non-hydrogen) atoms. The summed E-state index contributed by atoms with van der Waals surface area (Å²) in [5.74, 6) is 0.0761. The van der Waals surface area contributed by atoms with E-state index in [4.69, 9.17) is 10.5 Å². The average molecular weight is 447 g/mol. The van der Waals surface area contributed by atoms with E-state index in [0.717, 1.165) is 39.0 Å². The molecule has 0 saturated carbocycles. The van der Waals surface area contributed by atoms with Crippen LogP contribution < -0.4 is 16.0 Å². The Morgan fingerprint density at radius 3 is 2.38 bits per heavy atom. The molecule has 3 N–H and O–H groups in total. The molecular weight excluding hydrogens is 415 g/mol. The van der Waals surface area contributed by atoms with Gasteiger partial charge in [-0.2, -0.15) is 0 Å². The fourth-order valence-corrected chi connectivity index (χ4v) is 3.65. The third-order valence-corrected chi connectivity index (χ3v) is 5.28. The van der Waals surface area contributed by atoms with Gasteiger partial charge in [0.1, 0.15) is 6.10 Å². The Hall–Kier alpha value is -1.54. The molecule has 164 valence electrons. The molecule has 1 aromatic carbocycles. The zero-order valence-electron chi connectivity index (χ0n) is 16.6. The van der Waals surface area contributed by atoms with Gasteiger partial charge in [-0.1, -0.05) is 18.2 Å². The first kappa shape index (κ1) is 25.5. The largest absolute Gasteiger partial charge is 0.368 e. The summed E-state index contributed by atoms with van der Waals surface area (Å²) >= 11 is 0. The molecule has 2 aliphatic rings. The molecule has 1 aromatic rings. The SMILES string of the molecule is Cl.Cl.NC[C@H]1CC[C@@H](C(=O)NCCCC(=O)N2CCN(c3ccccc3)CC2)O1. The summed E-state index contributed by atoms with van der Waals surface area (Å²) in [6.45, 7) is 4.16. The second-order valence-electron chi connectivity index (χ2n) is 7.16. The lowest BCUT2D eigenvalue weighted by Gasteiger charge is -2.36. The van der Waals surface area contributed by atoms with Crippen LogP contribution in [-0.4, -0.2) is 68.2 Å². The minimum Gasteiger partial charge on any atom is -0.368 e. The maximum Gasteiger partial charge on any atom is 0.249 e. The van der Waals surface area contributed by atoms with Gasteiger partial charge in [0.2, 0.25) is 11.8 Å². The predicted octanol–water partition coefficient (Wildman–Crippen LogP) is 1.58. The van der Waals surface area contributed by atoms with Crippen molar-refractivity contribution in [3.63, 3.8) is 0 Å². The van der Waals surface area contributed by atoms with Gasteiger partial charge in [-0.15, -0.1) is 24.8 Å². The zero-order chi connectivity index (χ0) is 19.1. The quantitative estimate of drug-likeness (QED) is 0.620.